The fourth-order valence-electron chi connectivity index (χ4n) is 7.49. The zero-order valence-electron chi connectivity index (χ0n) is 25.1. The first-order valence-corrected chi connectivity index (χ1v) is 14.8. The minimum atomic E-state index is -1.23. The molecular formula is C34H41N3O6. The first-order valence-electron chi connectivity index (χ1n) is 14.8. The molecule has 0 aliphatic carbocycles. The van der Waals surface area contributed by atoms with Crippen LogP contribution in [0.1, 0.15) is 25.8 Å². The van der Waals surface area contributed by atoms with E-state index in [9.17, 15) is 19.5 Å². The number of nitrogens with zero attached hydrogens (tertiary/aromatic N) is 3. The van der Waals surface area contributed by atoms with Gasteiger partial charge < -0.3 is 29.3 Å². The number of ether oxygens (including phenoxy) is 2. The Kier molecular flexibility index (Phi) is 8.49. The van der Waals surface area contributed by atoms with E-state index in [0.29, 0.717) is 30.9 Å². The summed E-state index contributed by atoms with van der Waals surface area (Å²) >= 11 is 0. The molecule has 43 heavy (non-hydrogen) atoms. The molecule has 9 heteroatoms. The van der Waals surface area contributed by atoms with Crippen molar-refractivity contribution in [1.29, 1.82) is 0 Å². The fourth-order valence-corrected chi connectivity index (χ4v) is 7.49. The van der Waals surface area contributed by atoms with E-state index in [0.717, 1.165) is 5.56 Å². The van der Waals surface area contributed by atoms with Gasteiger partial charge in [-0.3, -0.25) is 14.4 Å². The topological polar surface area (TPSA) is 99.6 Å². The van der Waals surface area contributed by atoms with Crippen molar-refractivity contribution in [3.63, 3.8) is 0 Å². The number of fused-ring (bicyclic) bond motifs is 1. The van der Waals surface area contributed by atoms with E-state index in [2.05, 4.69) is 13.2 Å². The van der Waals surface area contributed by atoms with Crippen LogP contribution in [0.25, 0.3) is 0 Å². The Balaban J connectivity index is 1.56. The first-order chi connectivity index (χ1) is 20.7. The minimum Gasteiger partial charge on any atom is -0.497 e. The second-order valence-electron chi connectivity index (χ2n) is 11.9. The number of hydrogen-bond acceptors (Lipinski definition) is 6. The van der Waals surface area contributed by atoms with Crippen LogP contribution in [-0.4, -0.2) is 83.2 Å². The number of likely N-dealkylation sites (tertiary alicyclic amines) is 1. The lowest BCUT2D eigenvalue weighted by molar-refractivity contribution is -0.152. The summed E-state index contributed by atoms with van der Waals surface area (Å²) in [6.45, 7) is 12.1. The minimum absolute atomic E-state index is 0.0478. The third kappa shape index (κ3) is 4.94. The maximum absolute atomic E-state index is 14.6. The molecule has 3 amide bonds. The molecule has 0 aromatic heterocycles. The maximum Gasteiger partial charge on any atom is 0.253 e. The van der Waals surface area contributed by atoms with E-state index in [1.54, 1.807) is 53.3 Å². The van der Waals surface area contributed by atoms with E-state index >= 15 is 0 Å². The molecule has 3 heterocycles. The van der Waals surface area contributed by atoms with Crippen molar-refractivity contribution in [2.45, 2.75) is 44.1 Å². The third-order valence-corrected chi connectivity index (χ3v) is 9.49. The van der Waals surface area contributed by atoms with Gasteiger partial charge in [-0.25, -0.2) is 0 Å². The SMILES string of the molecule is C=CCN(Cc1ccccc1)C(=O)[C@@H]1[C@H]2C(=O)N(CCO)C(C(=O)N(CC=C)c3ccc(OC)cc3)C23CC(C)[C@@]1(C)O3. The van der Waals surface area contributed by atoms with Crippen LogP contribution in [-0.2, 0) is 25.7 Å². The maximum atomic E-state index is 14.6. The number of carbonyl (C=O) groups is 3. The number of carbonyl (C=O) groups excluding carboxylic acids is 3. The standard InChI is InChI=1S/C34H41N3O6/c1-6-17-35(22-24-11-9-8-10-12-24)30(39)27-28-31(40)37(19-20-38)29(34(28)21-23(3)33(27,4)43-34)32(41)36(18-7-2)25-13-15-26(42-5)16-14-25/h6-16,23,27-29,38H,1-2,17-22H2,3-5H3/t23?,27-,28-,29?,33+,34?/m0/s1. The first kappa shape index (κ1) is 30.5. The molecule has 2 aromatic rings. The van der Waals surface area contributed by atoms with E-state index < -0.39 is 29.1 Å². The van der Waals surface area contributed by atoms with Gasteiger partial charge in [0.1, 0.15) is 17.4 Å². The predicted octanol–water partition coefficient (Wildman–Crippen LogP) is 3.43. The molecule has 3 aliphatic heterocycles. The number of methoxy groups -OCH3 is 1. The van der Waals surface area contributed by atoms with Gasteiger partial charge in [0, 0.05) is 31.9 Å². The number of anilines is 1. The van der Waals surface area contributed by atoms with Gasteiger partial charge in [-0.1, -0.05) is 49.4 Å². The number of hydrogen-bond donors (Lipinski definition) is 1. The molecule has 3 saturated heterocycles. The van der Waals surface area contributed by atoms with Gasteiger partial charge >= 0.3 is 0 Å². The molecule has 9 nitrogen and oxygen atoms in total. The Bertz CT molecular complexity index is 1380. The summed E-state index contributed by atoms with van der Waals surface area (Å²) in [7, 11) is 1.57. The van der Waals surface area contributed by atoms with Crippen molar-refractivity contribution >= 4 is 23.4 Å². The summed E-state index contributed by atoms with van der Waals surface area (Å²) in [6, 6.07) is 15.7. The van der Waals surface area contributed by atoms with E-state index in [-0.39, 0.29) is 43.3 Å². The molecule has 1 spiro atoms. The molecule has 0 radical (unpaired) electrons. The number of β-amino-alcohol motifs (C(OH)–C–C–N with tert-alkyl or cyclic N) is 1. The molecule has 2 bridgehead atoms. The Morgan fingerprint density at radius 2 is 1.77 bits per heavy atom. The van der Waals surface area contributed by atoms with E-state index in [1.807, 2.05) is 44.2 Å². The van der Waals surface area contributed by atoms with Crippen LogP contribution in [0.3, 0.4) is 0 Å². The summed E-state index contributed by atoms with van der Waals surface area (Å²) in [5.41, 5.74) is -0.611. The summed E-state index contributed by atoms with van der Waals surface area (Å²) < 4.78 is 12.2. The molecule has 2 aromatic carbocycles. The highest BCUT2D eigenvalue weighted by atomic mass is 16.5. The molecule has 5 rings (SSSR count). The van der Waals surface area contributed by atoms with Crippen LogP contribution >= 0.6 is 0 Å². The zero-order valence-corrected chi connectivity index (χ0v) is 25.1. The molecule has 228 valence electrons. The molecule has 3 fully saturated rings. The lowest BCUT2D eigenvalue weighted by Crippen LogP contribution is -2.57. The monoisotopic (exact) mass is 587 g/mol. The summed E-state index contributed by atoms with van der Waals surface area (Å²) in [5.74, 6) is -2.02. The van der Waals surface area contributed by atoms with Crippen LogP contribution in [0.5, 0.6) is 5.75 Å². The normalized spacial score (nSPS) is 28.8. The van der Waals surface area contributed by atoms with Crippen molar-refractivity contribution in [2.75, 3.05) is 38.3 Å². The second kappa shape index (κ2) is 12.0. The Morgan fingerprint density at radius 1 is 1.09 bits per heavy atom. The van der Waals surface area contributed by atoms with Crippen LogP contribution in [0.15, 0.2) is 79.9 Å². The van der Waals surface area contributed by atoms with E-state index in [4.69, 9.17) is 9.47 Å². The highest BCUT2D eigenvalue weighted by molar-refractivity contribution is 6.05. The molecule has 3 unspecified atom stereocenters. The summed E-state index contributed by atoms with van der Waals surface area (Å²) in [6.07, 6.45) is 3.75. The highest BCUT2D eigenvalue weighted by Gasteiger charge is 2.80. The van der Waals surface area contributed by atoms with Crippen LogP contribution in [0.2, 0.25) is 0 Å². The predicted molar refractivity (Wildman–Crippen MR) is 163 cm³/mol. The van der Waals surface area contributed by atoms with Gasteiger partial charge in [0.25, 0.3) is 5.91 Å². The number of amides is 3. The molecule has 6 atom stereocenters. The number of rotatable bonds is 12. The van der Waals surface area contributed by atoms with Crippen molar-refractivity contribution in [3.05, 3.63) is 85.5 Å². The Labute approximate surface area is 253 Å². The molecule has 0 saturated carbocycles. The van der Waals surface area contributed by atoms with Crippen molar-refractivity contribution in [3.8, 4) is 5.75 Å². The average Bonchev–Trinajstić information content (AvgIpc) is 3.52. The Morgan fingerprint density at radius 3 is 2.37 bits per heavy atom. The summed E-state index contributed by atoms with van der Waals surface area (Å²) in [4.78, 5) is 48.1. The lowest BCUT2D eigenvalue weighted by Gasteiger charge is -2.39. The van der Waals surface area contributed by atoms with Crippen LogP contribution in [0.4, 0.5) is 5.69 Å². The average molecular weight is 588 g/mol. The van der Waals surface area contributed by atoms with Crippen molar-refractivity contribution in [1.82, 2.24) is 9.80 Å². The van der Waals surface area contributed by atoms with Crippen LogP contribution in [0, 0.1) is 17.8 Å². The summed E-state index contributed by atoms with van der Waals surface area (Å²) in [5, 5.41) is 10.0. The zero-order chi connectivity index (χ0) is 30.9. The molecular weight excluding hydrogens is 546 g/mol. The smallest absolute Gasteiger partial charge is 0.253 e. The Hall–Kier alpha value is -3.95. The quantitative estimate of drug-likeness (QED) is 0.382. The molecule has 3 aliphatic rings. The van der Waals surface area contributed by atoms with E-state index in [1.165, 1.54) is 4.90 Å². The largest absolute Gasteiger partial charge is 0.497 e. The highest BCUT2D eigenvalue weighted by Crippen LogP contribution is 2.65. The third-order valence-electron chi connectivity index (χ3n) is 9.49. The van der Waals surface area contributed by atoms with Crippen molar-refractivity contribution < 1.29 is 29.0 Å². The number of aliphatic hydroxyl groups is 1. The van der Waals surface area contributed by atoms with Gasteiger partial charge in [0.2, 0.25) is 11.8 Å². The van der Waals surface area contributed by atoms with Gasteiger partial charge in [-0.2, -0.15) is 0 Å². The molecule has 1 N–H and O–H groups in total. The number of aliphatic hydroxyl groups excluding tert-OH is 1. The van der Waals surface area contributed by atoms with Crippen molar-refractivity contribution in [2.24, 2.45) is 17.8 Å². The fraction of sp³-hybridized carbons (Fsp3) is 0.441. The van der Waals surface area contributed by atoms with Crippen LogP contribution < -0.4 is 9.64 Å². The van der Waals surface area contributed by atoms with Gasteiger partial charge in [-0.15, -0.1) is 13.2 Å². The number of benzene rings is 2. The van der Waals surface area contributed by atoms with Gasteiger partial charge in [0.15, 0.2) is 0 Å². The second-order valence-corrected chi connectivity index (χ2v) is 11.9. The van der Waals surface area contributed by atoms with Gasteiger partial charge in [-0.05, 0) is 49.1 Å². The van der Waals surface area contributed by atoms with Gasteiger partial charge in [0.05, 0.1) is 31.2 Å². The lowest BCUT2D eigenvalue weighted by atomic mass is 9.62.